The van der Waals surface area contributed by atoms with Gasteiger partial charge in [0.05, 0.1) is 5.52 Å². The number of benzene rings is 2. The lowest BCUT2D eigenvalue weighted by Gasteiger charge is -2.19. The smallest absolute Gasteiger partial charge is 0.297 e. The first-order valence-electron chi connectivity index (χ1n) is 13.4. The molecule has 0 aliphatic carbocycles. The summed E-state index contributed by atoms with van der Waals surface area (Å²) in [7, 11) is 0. The number of phenols is 1. The van der Waals surface area contributed by atoms with Gasteiger partial charge in [0.15, 0.2) is 5.75 Å². The van der Waals surface area contributed by atoms with Gasteiger partial charge in [0.2, 0.25) is 5.75 Å². The highest BCUT2D eigenvalue weighted by Crippen LogP contribution is 2.35. The third-order valence-corrected chi connectivity index (χ3v) is 6.37. The first kappa shape index (κ1) is 28.1. The van der Waals surface area contributed by atoms with E-state index in [1.54, 1.807) is 16.7 Å². The number of nitrogens with zero attached hydrogens (tertiary/aromatic N) is 1. The molecule has 0 radical (unpaired) electrons. The Morgan fingerprint density at radius 1 is 0.946 bits per heavy atom. The van der Waals surface area contributed by atoms with Crippen molar-refractivity contribution in [2.24, 2.45) is 0 Å². The zero-order valence-electron chi connectivity index (χ0n) is 22.8. The largest absolute Gasteiger partial charge is 0.508 e. The molecular formula is C32H41NO4. The van der Waals surface area contributed by atoms with Crippen LogP contribution in [-0.2, 0) is 13.2 Å². The first-order valence-corrected chi connectivity index (χ1v) is 13.4. The molecule has 2 aromatic carbocycles. The van der Waals surface area contributed by atoms with Gasteiger partial charge in [-0.15, -0.1) is 0 Å². The third kappa shape index (κ3) is 8.28. The zero-order chi connectivity index (χ0) is 26.6. The number of unbranched alkanes of at least 4 members (excludes halogenated alkanes) is 3. The monoisotopic (exact) mass is 503 g/mol. The molecule has 5 heteroatoms. The average Bonchev–Trinajstić information content (AvgIpc) is 2.88. The Morgan fingerprint density at radius 3 is 2.46 bits per heavy atom. The molecule has 0 spiro atoms. The van der Waals surface area contributed by atoms with Crippen LogP contribution in [0.1, 0.15) is 71.8 Å². The number of hydrogen-bond acceptors (Lipinski definition) is 4. The number of pyridine rings is 1. The molecule has 1 aromatic heterocycles. The molecule has 0 unspecified atom stereocenters. The Balaban J connectivity index is 1.97. The van der Waals surface area contributed by atoms with Crippen LogP contribution >= 0.6 is 0 Å². The van der Waals surface area contributed by atoms with Crippen molar-refractivity contribution in [3.8, 4) is 17.2 Å². The fourth-order valence-electron chi connectivity index (χ4n) is 4.26. The van der Waals surface area contributed by atoms with Crippen LogP contribution in [0.15, 0.2) is 76.6 Å². The molecule has 0 atom stereocenters. The van der Waals surface area contributed by atoms with E-state index in [1.165, 1.54) is 11.1 Å². The molecule has 198 valence electrons. The second kappa shape index (κ2) is 14.3. The van der Waals surface area contributed by atoms with Gasteiger partial charge in [0.1, 0.15) is 19.0 Å². The van der Waals surface area contributed by atoms with Crippen LogP contribution in [0.25, 0.3) is 10.9 Å². The van der Waals surface area contributed by atoms with Crippen molar-refractivity contribution in [2.75, 3.05) is 6.61 Å². The number of aromatic hydroxyl groups is 1. The molecule has 3 rings (SSSR count). The number of fused-ring (bicyclic) bond motifs is 1. The number of rotatable bonds is 14. The van der Waals surface area contributed by atoms with Gasteiger partial charge in [-0.05, 0) is 63.8 Å². The maximum absolute atomic E-state index is 13.8. The highest BCUT2D eigenvalue weighted by Gasteiger charge is 2.20. The fraction of sp³-hybridized carbons (Fsp3) is 0.406. The second-order valence-electron chi connectivity index (χ2n) is 9.83. The summed E-state index contributed by atoms with van der Waals surface area (Å²) in [5, 5.41) is 11.0. The average molecular weight is 504 g/mol. The minimum absolute atomic E-state index is 0.119. The van der Waals surface area contributed by atoms with Gasteiger partial charge in [-0.25, -0.2) is 0 Å². The third-order valence-electron chi connectivity index (χ3n) is 6.37. The summed E-state index contributed by atoms with van der Waals surface area (Å²) in [6.45, 7) is 9.63. The first-order chi connectivity index (χ1) is 17.9. The SMILES string of the molecule is CCCCCCn1c(=O)c(OCc2ccccc2)c(OC/C=C(\C)CCC=C(C)C)c2ccc(O)cc21. The molecule has 0 saturated carbocycles. The van der Waals surface area contributed by atoms with Gasteiger partial charge in [-0.1, -0.05) is 73.7 Å². The summed E-state index contributed by atoms with van der Waals surface area (Å²) >= 11 is 0. The highest BCUT2D eigenvalue weighted by atomic mass is 16.5. The van der Waals surface area contributed by atoms with Crippen molar-refractivity contribution < 1.29 is 14.6 Å². The van der Waals surface area contributed by atoms with E-state index in [0.717, 1.165) is 49.5 Å². The molecule has 0 aliphatic rings. The van der Waals surface area contributed by atoms with Crippen LogP contribution in [0.4, 0.5) is 0 Å². The topological polar surface area (TPSA) is 60.7 Å². The van der Waals surface area contributed by atoms with E-state index in [4.69, 9.17) is 9.47 Å². The molecule has 0 aliphatic heterocycles. The lowest BCUT2D eigenvalue weighted by atomic mass is 10.1. The quantitative estimate of drug-likeness (QED) is 0.179. The summed E-state index contributed by atoms with van der Waals surface area (Å²) in [4.78, 5) is 13.8. The number of allylic oxidation sites excluding steroid dienone is 3. The molecule has 1 heterocycles. The lowest BCUT2D eigenvalue weighted by molar-refractivity contribution is 0.270. The second-order valence-corrected chi connectivity index (χ2v) is 9.83. The van der Waals surface area contributed by atoms with Crippen molar-refractivity contribution in [3.63, 3.8) is 0 Å². The van der Waals surface area contributed by atoms with Gasteiger partial charge in [-0.3, -0.25) is 4.79 Å². The van der Waals surface area contributed by atoms with Gasteiger partial charge in [-0.2, -0.15) is 0 Å². The minimum atomic E-state index is -0.232. The van der Waals surface area contributed by atoms with Gasteiger partial charge in [0.25, 0.3) is 5.56 Å². The van der Waals surface area contributed by atoms with E-state index in [9.17, 15) is 9.90 Å². The van der Waals surface area contributed by atoms with Crippen molar-refractivity contribution in [2.45, 2.75) is 79.4 Å². The minimum Gasteiger partial charge on any atom is -0.508 e. The molecule has 0 amide bonds. The van der Waals surface area contributed by atoms with Crippen LogP contribution < -0.4 is 15.0 Å². The number of aromatic nitrogens is 1. The van der Waals surface area contributed by atoms with Crippen molar-refractivity contribution in [1.82, 2.24) is 4.57 Å². The summed E-state index contributed by atoms with van der Waals surface area (Å²) in [6, 6.07) is 14.9. The van der Waals surface area contributed by atoms with E-state index >= 15 is 0 Å². The van der Waals surface area contributed by atoms with Crippen LogP contribution in [0.5, 0.6) is 17.2 Å². The molecule has 3 aromatic rings. The Labute approximate surface area is 221 Å². The molecule has 5 nitrogen and oxygen atoms in total. The number of hydrogen-bond donors (Lipinski definition) is 1. The predicted octanol–water partition coefficient (Wildman–Crippen LogP) is 7.94. The molecule has 1 N–H and O–H groups in total. The Bertz CT molecular complexity index is 1270. The maximum atomic E-state index is 13.8. The summed E-state index contributed by atoms with van der Waals surface area (Å²) in [5.74, 6) is 0.760. The maximum Gasteiger partial charge on any atom is 0.297 e. The van der Waals surface area contributed by atoms with E-state index in [-0.39, 0.29) is 23.7 Å². The van der Waals surface area contributed by atoms with Crippen molar-refractivity contribution >= 4 is 10.9 Å². The Morgan fingerprint density at radius 2 is 1.73 bits per heavy atom. The Hall–Kier alpha value is -3.47. The predicted molar refractivity (Wildman–Crippen MR) is 153 cm³/mol. The van der Waals surface area contributed by atoms with Gasteiger partial charge in [0, 0.05) is 18.0 Å². The van der Waals surface area contributed by atoms with Crippen molar-refractivity contribution in [3.05, 3.63) is 87.7 Å². The van der Waals surface area contributed by atoms with E-state index in [1.807, 2.05) is 36.4 Å². The Kier molecular flexibility index (Phi) is 10.9. The van der Waals surface area contributed by atoms with E-state index in [0.29, 0.717) is 24.4 Å². The van der Waals surface area contributed by atoms with Crippen LogP contribution in [0.2, 0.25) is 0 Å². The summed E-state index contributed by atoms with van der Waals surface area (Å²) in [6.07, 6.45) is 10.4. The van der Waals surface area contributed by atoms with Gasteiger partial charge < -0.3 is 19.1 Å². The van der Waals surface area contributed by atoms with E-state index < -0.39 is 0 Å². The highest BCUT2D eigenvalue weighted by molar-refractivity contribution is 5.89. The van der Waals surface area contributed by atoms with E-state index in [2.05, 4.69) is 39.8 Å². The number of phenolic OH excluding ortho intramolecular Hbond substituents is 1. The number of ether oxygens (including phenoxy) is 2. The molecule has 0 fully saturated rings. The van der Waals surface area contributed by atoms with Crippen LogP contribution in [0.3, 0.4) is 0 Å². The van der Waals surface area contributed by atoms with Crippen molar-refractivity contribution in [1.29, 1.82) is 0 Å². The van der Waals surface area contributed by atoms with Gasteiger partial charge >= 0.3 is 0 Å². The van der Waals surface area contributed by atoms with Crippen LogP contribution in [-0.4, -0.2) is 16.3 Å². The zero-order valence-corrected chi connectivity index (χ0v) is 22.8. The standard InChI is InChI=1S/C32H41NO4/c1-5-6-7-11-20-33-29-22-27(34)17-18-28(29)30(36-21-19-25(4)14-12-13-24(2)3)31(32(33)35)37-23-26-15-9-8-10-16-26/h8-10,13,15-19,22,34H,5-7,11-12,14,20-21,23H2,1-4H3/b25-19+. The molecule has 37 heavy (non-hydrogen) atoms. The summed E-state index contributed by atoms with van der Waals surface area (Å²) < 4.78 is 14.1. The molecular weight excluding hydrogens is 462 g/mol. The molecule has 0 saturated heterocycles. The number of aryl methyl sites for hydroxylation is 1. The van der Waals surface area contributed by atoms with Crippen LogP contribution in [0, 0.1) is 0 Å². The summed E-state index contributed by atoms with van der Waals surface area (Å²) in [5.41, 5.74) is 3.95. The normalized spacial score (nSPS) is 11.5. The lowest BCUT2D eigenvalue weighted by Crippen LogP contribution is -2.24. The fourth-order valence-corrected chi connectivity index (χ4v) is 4.26. The molecule has 0 bridgehead atoms.